The van der Waals surface area contributed by atoms with Crippen LogP contribution in [0.2, 0.25) is 0 Å². The smallest absolute Gasteiger partial charge is 0.235 e. The molecular formula is C10H24ClN3O4S. The Balaban J connectivity index is 0. The molecule has 0 heterocycles. The van der Waals surface area contributed by atoms with Gasteiger partial charge in [0.15, 0.2) is 0 Å². The maximum atomic E-state index is 11.4. The van der Waals surface area contributed by atoms with Gasteiger partial charge in [-0.1, -0.05) is 0 Å². The van der Waals surface area contributed by atoms with Crippen LogP contribution in [0.15, 0.2) is 0 Å². The number of nitrogens with one attached hydrogen (secondary N) is 2. The number of rotatable bonds is 10. The summed E-state index contributed by atoms with van der Waals surface area (Å²) < 4.78 is 29.9. The minimum atomic E-state index is -3.45. The van der Waals surface area contributed by atoms with Crippen LogP contribution in [0.4, 0.5) is 0 Å². The van der Waals surface area contributed by atoms with E-state index in [0.717, 1.165) is 0 Å². The van der Waals surface area contributed by atoms with Gasteiger partial charge in [0.05, 0.1) is 18.9 Å². The summed E-state index contributed by atoms with van der Waals surface area (Å²) in [6, 6.07) is 0.00758. The van der Waals surface area contributed by atoms with Crippen molar-refractivity contribution in [3.8, 4) is 0 Å². The Bertz CT molecular complexity index is 336. The van der Waals surface area contributed by atoms with E-state index >= 15 is 0 Å². The zero-order chi connectivity index (χ0) is 14.0. The second-order valence-electron chi connectivity index (χ2n) is 3.95. The molecule has 0 saturated carbocycles. The molecular weight excluding hydrogens is 294 g/mol. The number of amides is 1. The molecule has 116 valence electrons. The van der Waals surface area contributed by atoms with Crippen LogP contribution in [0.1, 0.15) is 20.3 Å². The highest BCUT2D eigenvalue weighted by Gasteiger charge is 2.11. The van der Waals surface area contributed by atoms with Gasteiger partial charge in [-0.2, -0.15) is 0 Å². The molecule has 0 rings (SSSR count). The SMILES string of the molecule is CCOCCS(=O)(=O)NCC(=O)NCCC(C)N.Cl. The summed E-state index contributed by atoms with van der Waals surface area (Å²) in [5.74, 6) is -0.510. The molecule has 0 bridgehead atoms. The van der Waals surface area contributed by atoms with Crippen molar-refractivity contribution in [1.29, 1.82) is 0 Å². The average Bonchev–Trinajstić information content (AvgIpc) is 2.26. The second kappa shape index (κ2) is 11.4. The van der Waals surface area contributed by atoms with Gasteiger partial charge in [0, 0.05) is 19.2 Å². The minimum Gasteiger partial charge on any atom is -0.381 e. The highest BCUT2D eigenvalue weighted by molar-refractivity contribution is 7.89. The van der Waals surface area contributed by atoms with Crippen molar-refractivity contribution >= 4 is 28.3 Å². The van der Waals surface area contributed by atoms with Crippen molar-refractivity contribution in [2.45, 2.75) is 26.3 Å². The van der Waals surface area contributed by atoms with Crippen molar-refractivity contribution in [3.63, 3.8) is 0 Å². The van der Waals surface area contributed by atoms with E-state index in [4.69, 9.17) is 10.5 Å². The third-order valence-corrected chi connectivity index (χ3v) is 3.36. The Kier molecular flexibility index (Phi) is 12.6. The van der Waals surface area contributed by atoms with Crippen LogP contribution in [-0.4, -0.2) is 52.4 Å². The molecule has 7 nitrogen and oxygen atoms in total. The molecule has 1 unspecified atom stereocenters. The number of carbonyl (C=O) groups is 1. The van der Waals surface area contributed by atoms with Gasteiger partial charge in [0.2, 0.25) is 15.9 Å². The van der Waals surface area contributed by atoms with E-state index in [-0.39, 0.29) is 43.3 Å². The fourth-order valence-corrected chi connectivity index (χ4v) is 1.90. The molecule has 0 saturated heterocycles. The largest absolute Gasteiger partial charge is 0.381 e. The summed E-state index contributed by atoms with van der Waals surface area (Å²) in [6.07, 6.45) is 0.656. The molecule has 4 N–H and O–H groups in total. The van der Waals surface area contributed by atoms with E-state index in [1.807, 2.05) is 6.92 Å². The van der Waals surface area contributed by atoms with Crippen molar-refractivity contribution < 1.29 is 17.9 Å². The lowest BCUT2D eigenvalue weighted by atomic mass is 10.2. The normalized spacial score (nSPS) is 12.6. The van der Waals surface area contributed by atoms with Gasteiger partial charge < -0.3 is 15.8 Å². The predicted octanol–water partition coefficient (Wildman–Crippen LogP) is -0.782. The molecule has 0 aliphatic carbocycles. The summed E-state index contributed by atoms with van der Waals surface area (Å²) in [6.45, 7) is 4.39. The predicted molar refractivity (Wildman–Crippen MR) is 76.8 cm³/mol. The van der Waals surface area contributed by atoms with Gasteiger partial charge in [-0.3, -0.25) is 4.79 Å². The first kappa shape index (κ1) is 20.9. The van der Waals surface area contributed by atoms with E-state index in [2.05, 4.69) is 10.0 Å². The molecule has 0 aromatic rings. The Morgan fingerprint density at radius 2 is 2.05 bits per heavy atom. The molecule has 1 amide bonds. The van der Waals surface area contributed by atoms with Gasteiger partial charge in [-0.25, -0.2) is 13.1 Å². The summed E-state index contributed by atoms with van der Waals surface area (Å²) in [5.41, 5.74) is 5.51. The van der Waals surface area contributed by atoms with Crippen LogP contribution in [0.25, 0.3) is 0 Å². The third kappa shape index (κ3) is 13.8. The van der Waals surface area contributed by atoms with E-state index in [0.29, 0.717) is 19.6 Å². The third-order valence-electron chi connectivity index (χ3n) is 2.08. The van der Waals surface area contributed by atoms with Gasteiger partial charge in [-0.05, 0) is 20.3 Å². The van der Waals surface area contributed by atoms with E-state index in [9.17, 15) is 13.2 Å². The van der Waals surface area contributed by atoms with Crippen molar-refractivity contribution in [2.24, 2.45) is 5.73 Å². The summed E-state index contributed by atoms with van der Waals surface area (Å²) >= 11 is 0. The molecule has 0 aliphatic heterocycles. The Hall–Kier alpha value is -0.410. The summed E-state index contributed by atoms with van der Waals surface area (Å²) in [4.78, 5) is 11.3. The number of hydrogen-bond donors (Lipinski definition) is 3. The van der Waals surface area contributed by atoms with E-state index in [1.54, 1.807) is 6.92 Å². The van der Waals surface area contributed by atoms with Gasteiger partial charge in [-0.15, -0.1) is 12.4 Å². The number of nitrogens with two attached hydrogens (primary N) is 1. The first-order valence-corrected chi connectivity index (χ1v) is 7.60. The van der Waals surface area contributed by atoms with Crippen LogP contribution in [0, 0.1) is 0 Å². The van der Waals surface area contributed by atoms with Crippen LogP contribution in [-0.2, 0) is 19.6 Å². The van der Waals surface area contributed by atoms with E-state index in [1.165, 1.54) is 0 Å². The zero-order valence-electron chi connectivity index (χ0n) is 11.3. The van der Waals surface area contributed by atoms with Gasteiger partial charge in [0.1, 0.15) is 0 Å². The lowest BCUT2D eigenvalue weighted by Gasteiger charge is -2.09. The fraction of sp³-hybridized carbons (Fsp3) is 0.900. The molecule has 1 atom stereocenters. The maximum Gasteiger partial charge on any atom is 0.235 e. The van der Waals surface area contributed by atoms with E-state index < -0.39 is 10.0 Å². The van der Waals surface area contributed by atoms with Crippen LogP contribution in [0.5, 0.6) is 0 Å². The molecule has 19 heavy (non-hydrogen) atoms. The lowest BCUT2D eigenvalue weighted by molar-refractivity contribution is -0.119. The topological polar surface area (TPSA) is 111 Å². The minimum absolute atomic E-state index is 0. The zero-order valence-corrected chi connectivity index (χ0v) is 13.0. The number of ether oxygens (including phenoxy) is 1. The Morgan fingerprint density at radius 1 is 1.42 bits per heavy atom. The highest BCUT2D eigenvalue weighted by Crippen LogP contribution is 1.86. The first-order chi connectivity index (χ1) is 8.37. The molecule has 0 aromatic carbocycles. The first-order valence-electron chi connectivity index (χ1n) is 5.94. The molecule has 0 aliphatic rings. The molecule has 9 heteroatoms. The molecule has 0 fully saturated rings. The molecule has 0 spiro atoms. The average molecular weight is 318 g/mol. The quantitative estimate of drug-likeness (QED) is 0.458. The summed E-state index contributed by atoms with van der Waals surface area (Å²) in [5, 5.41) is 2.58. The van der Waals surface area contributed by atoms with Crippen LogP contribution < -0.4 is 15.8 Å². The maximum absolute atomic E-state index is 11.4. The van der Waals surface area contributed by atoms with Crippen LogP contribution >= 0.6 is 12.4 Å². The molecule has 0 aromatic heterocycles. The standard InChI is InChI=1S/C10H23N3O4S.ClH/c1-3-17-6-7-18(15,16)13-8-10(14)12-5-4-9(2)11;/h9,13H,3-8,11H2,1-2H3,(H,12,14);1H. The summed E-state index contributed by atoms with van der Waals surface area (Å²) in [7, 11) is -3.45. The fourth-order valence-electron chi connectivity index (χ4n) is 1.06. The molecule has 0 radical (unpaired) electrons. The number of halogens is 1. The second-order valence-corrected chi connectivity index (χ2v) is 5.88. The van der Waals surface area contributed by atoms with Gasteiger partial charge in [0.25, 0.3) is 0 Å². The number of hydrogen-bond acceptors (Lipinski definition) is 5. The lowest BCUT2D eigenvalue weighted by Crippen LogP contribution is -2.39. The Labute approximate surface area is 121 Å². The van der Waals surface area contributed by atoms with Crippen LogP contribution in [0.3, 0.4) is 0 Å². The highest BCUT2D eigenvalue weighted by atomic mass is 35.5. The van der Waals surface area contributed by atoms with Gasteiger partial charge >= 0.3 is 0 Å². The van der Waals surface area contributed by atoms with Crippen molar-refractivity contribution in [1.82, 2.24) is 10.0 Å². The monoisotopic (exact) mass is 317 g/mol. The Morgan fingerprint density at radius 3 is 2.58 bits per heavy atom. The number of sulfonamides is 1. The van der Waals surface area contributed by atoms with Crippen molar-refractivity contribution in [3.05, 3.63) is 0 Å². The van der Waals surface area contributed by atoms with Crippen molar-refractivity contribution in [2.75, 3.05) is 32.1 Å². The number of carbonyl (C=O) groups excluding carboxylic acids is 1.